The van der Waals surface area contributed by atoms with Gasteiger partial charge in [0.25, 0.3) is 0 Å². The summed E-state index contributed by atoms with van der Waals surface area (Å²) < 4.78 is 30.3. The number of alkyl halides is 3. The first-order chi connectivity index (χ1) is 21.4. The van der Waals surface area contributed by atoms with E-state index in [0.717, 1.165) is 12.8 Å². The van der Waals surface area contributed by atoms with Crippen LogP contribution < -0.4 is 15.4 Å². The van der Waals surface area contributed by atoms with Crippen molar-refractivity contribution >= 4 is 66.6 Å². The average molecular weight is 713 g/mol. The highest BCUT2D eigenvalue weighted by atomic mass is 35.6. The largest absolute Gasteiger partial charge is 0.475 e. The molecule has 1 aliphatic rings. The van der Waals surface area contributed by atoms with E-state index in [1.165, 1.54) is 12.1 Å². The number of pyridine rings is 1. The van der Waals surface area contributed by atoms with Crippen LogP contribution in [0.4, 0.5) is 20.7 Å². The predicted molar refractivity (Wildman–Crippen MR) is 181 cm³/mol. The maximum absolute atomic E-state index is 14.9. The summed E-state index contributed by atoms with van der Waals surface area (Å²) in [5.41, 5.74) is 1.80. The molecule has 0 radical (unpaired) electrons. The van der Waals surface area contributed by atoms with Gasteiger partial charge in [0.1, 0.15) is 24.8 Å². The molecule has 1 fully saturated rings. The van der Waals surface area contributed by atoms with Crippen LogP contribution in [0.3, 0.4) is 0 Å². The molecule has 0 bridgehead atoms. The summed E-state index contributed by atoms with van der Waals surface area (Å²) in [5.74, 6) is 0.112. The molecule has 10 nitrogen and oxygen atoms in total. The van der Waals surface area contributed by atoms with E-state index >= 15 is 0 Å². The number of halogens is 4. The molecular weight excluding hydrogens is 676 g/mol. The Hall–Kier alpha value is -3.03. The smallest absolute Gasteiger partial charge is 0.411 e. The normalized spacial score (nSPS) is 13.7. The van der Waals surface area contributed by atoms with E-state index in [2.05, 4.69) is 54.5 Å². The summed E-state index contributed by atoms with van der Waals surface area (Å²) in [5, 5.41) is 5.21. The Balaban J connectivity index is 1.66. The summed E-state index contributed by atoms with van der Waals surface area (Å²) >= 11 is 17.0. The Morgan fingerprint density at radius 1 is 1.04 bits per heavy atom. The molecular formula is C31H37Cl3FN5O5Si. The van der Waals surface area contributed by atoms with Gasteiger partial charge < -0.3 is 19.2 Å². The fourth-order valence-electron chi connectivity index (χ4n) is 3.98. The van der Waals surface area contributed by atoms with Crippen molar-refractivity contribution in [1.29, 1.82) is 0 Å². The molecule has 248 valence electrons. The standard InChI is InChI=1S/C31H37Cl3FN5O5Si/c1-18-13-22(35)24(38-29(42)44-17-31(32,33)34)15-21(18)23-16-26(43-11-12-45-46(5,6)30(2,3)4)40-27(37-23)20-9-10-36-25(14-20)39-28(41)19-7-8-19/h9-10,13-16,19H,7-8,11-12,17H2,1-6H3,(H,38,42)(H,36,39,41). The second-order valence-electron chi connectivity index (χ2n) is 12.5. The zero-order valence-electron chi connectivity index (χ0n) is 26.5. The minimum absolute atomic E-state index is 0.00228. The van der Waals surface area contributed by atoms with Crippen molar-refractivity contribution in [3.63, 3.8) is 0 Å². The van der Waals surface area contributed by atoms with Crippen molar-refractivity contribution in [2.45, 2.75) is 62.5 Å². The molecule has 4 rings (SSSR count). The molecule has 2 N–H and O–H groups in total. The molecule has 3 aromatic rings. The van der Waals surface area contributed by atoms with Crippen LogP contribution in [0.1, 0.15) is 39.2 Å². The van der Waals surface area contributed by atoms with Crippen LogP contribution >= 0.6 is 34.8 Å². The fraction of sp³-hybridized carbons (Fsp3) is 0.452. The van der Waals surface area contributed by atoms with Crippen LogP contribution in [0.2, 0.25) is 18.1 Å². The highest BCUT2D eigenvalue weighted by Crippen LogP contribution is 2.37. The minimum Gasteiger partial charge on any atom is -0.475 e. The first kappa shape index (κ1) is 35.8. The molecule has 1 aromatic carbocycles. The van der Waals surface area contributed by atoms with Gasteiger partial charge in [-0.25, -0.2) is 19.2 Å². The van der Waals surface area contributed by atoms with Gasteiger partial charge in [-0.1, -0.05) is 55.6 Å². The van der Waals surface area contributed by atoms with E-state index in [0.29, 0.717) is 34.8 Å². The van der Waals surface area contributed by atoms with Gasteiger partial charge in [0, 0.05) is 29.3 Å². The number of nitrogens with zero attached hydrogens (tertiary/aromatic N) is 3. The topological polar surface area (TPSA) is 125 Å². The van der Waals surface area contributed by atoms with Crippen molar-refractivity contribution in [2.24, 2.45) is 5.92 Å². The number of carbonyl (C=O) groups is 2. The summed E-state index contributed by atoms with van der Waals surface area (Å²) in [4.78, 5) is 38.3. The number of ether oxygens (including phenoxy) is 2. The van der Waals surface area contributed by atoms with Crippen molar-refractivity contribution in [1.82, 2.24) is 15.0 Å². The number of aryl methyl sites for hydroxylation is 1. The lowest BCUT2D eigenvalue weighted by Gasteiger charge is -2.36. The van der Waals surface area contributed by atoms with Gasteiger partial charge >= 0.3 is 6.09 Å². The number of benzene rings is 1. The first-order valence-electron chi connectivity index (χ1n) is 14.7. The SMILES string of the molecule is Cc1cc(F)c(NC(=O)OCC(Cl)(Cl)Cl)cc1-c1cc(OCCO[Si](C)(C)C(C)(C)C)nc(-c2ccnc(NC(=O)C3CC3)c2)n1. The summed E-state index contributed by atoms with van der Waals surface area (Å²) in [6, 6.07) is 7.69. The molecule has 0 spiro atoms. The molecule has 15 heteroatoms. The monoisotopic (exact) mass is 711 g/mol. The van der Waals surface area contributed by atoms with Crippen LogP contribution in [0.5, 0.6) is 5.88 Å². The highest BCUT2D eigenvalue weighted by molar-refractivity contribution is 6.74. The maximum atomic E-state index is 14.9. The molecule has 0 atom stereocenters. The lowest BCUT2D eigenvalue weighted by atomic mass is 10.0. The van der Waals surface area contributed by atoms with Gasteiger partial charge in [0.05, 0.1) is 18.0 Å². The van der Waals surface area contributed by atoms with Gasteiger partial charge in [-0.3, -0.25) is 10.1 Å². The van der Waals surface area contributed by atoms with Crippen LogP contribution in [0.15, 0.2) is 36.5 Å². The van der Waals surface area contributed by atoms with E-state index in [-0.39, 0.29) is 40.9 Å². The number of amides is 2. The fourth-order valence-corrected chi connectivity index (χ4v) is 5.17. The van der Waals surface area contributed by atoms with E-state index < -0.39 is 30.6 Å². The first-order valence-corrected chi connectivity index (χ1v) is 18.7. The Labute approximate surface area is 283 Å². The number of hydrogen-bond donors (Lipinski definition) is 2. The zero-order valence-corrected chi connectivity index (χ0v) is 29.7. The molecule has 1 aliphatic carbocycles. The van der Waals surface area contributed by atoms with Gasteiger partial charge in [0.2, 0.25) is 15.6 Å². The average Bonchev–Trinajstić information content (AvgIpc) is 3.81. The predicted octanol–water partition coefficient (Wildman–Crippen LogP) is 8.32. The molecule has 2 heterocycles. The lowest BCUT2D eigenvalue weighted by molar-refractivity contribution is -0.117. The lowest BCUT2D eigenvalue weighted by Crippen LogP contribution is -2.41. The van der Waals surface area contributed by atoms with Crippen LogP contribution in [0.25, 0.3) is 22.6 Å². The van der Waals surface area contributed by atoms with Crippen molar-refractivity contribution in [3.8, 4) is 28.5 Å². The van der Waals surface area contributed by atoms with Crippen LogP contribution in [-0.4, -0.2) is 58.9 Å². The molecule has 46 heavy (non-hydrogen) atoms. The Morgan fingerprint density at radius 2 is 1.76 bits per heavy atom. The molecule has 2 aromatic heterocycles. The number of rotatable bonds is 11. The number of anilines is 2. The van der Waals surface area contributed by atoms with Gasteiger partial charge in [0.15, 0.2) is 14.1 Å². The molecule has 0 saturated heterocycles. The quantitative estimate of drug-likeness (QED) is 0.116. The van der Waals surface area contributed by atoms with E-state index in [1.807, 2.05) is 0 Å². The zero-order chi connectivity index (χ0) is 33.9. The third-order valence-corrected chi connectivity index (χ3v) is 12.6. The molecule has 0 unspecified atom stereocenters. The Bertz CT molecular complexity index is 1600. The molecule has 2 amide bonds. The molecule has 0 aliphatic heterocycles. The molecule has 1 saturated carbocycles. The van der Waals surface area contributed by atoms with Crippen molar-refractivity contribution in [3.05, 3.63) is 47.9 Å². The number of nitrogens with one attached hydrogen (secondary N) is 2. The van der Waals surface area contributed by atoms with Crippen molar-refractivity contribution in [2.75, 3.05) is 30.5 Å². The van der Waals surface area contributed by atoms with Gasteiger partial charge in [-0.05, 0) is 67.7 Å². The van der Waals surface area contributed by atoms with E-state index in [9.17, 15) is 14.0 Å². The third kappa shape index (κ3) is 9.98. The van der Waals surface area contributed by atoms with Gasteiger partial charge in [-0.15, -0.1) is 0 Å². The maximum Gasteiger partial charge on any atom is 0.411 e. The Kier molecular flexibility index (Phi) is 11.2. The Morgan fingerprint density at radius 3 is 2.41 bits per heavy atom. The second-order valence-corrected chi connectivity index (χ2v) is 19.9. The number of aromatic nitrogens is 3. The summed E-state index contributed by atoms with van der Waals surface area (Å²) in [7, 11) is -2.00. The highest BCUT2D eigenvalue weighted by Gasteiger charge is 2.37. The second kappa shape index (κ2) is 14.4. The summed E-state index contributed by atoms with van der Waals surface area (Å²) in [6.45, 7) is 12.6. The van der Waals surface area contributed by atoms with Crippen molar-refractivity contribution < 1.29 is 27.9 Å². The van der Waals surface area contributed by atoms with E-state index in [1.54, 1.807) is 31.3 Å². The summed E-state index contributed by atoms with van der Waals surface area (Å²) in [6.07, 6.45) is 2.26. The minimum atomic E-state index is -2.00. The van der Waals surface area contributed by atoms with Crippen LogP contribution in [0, 0.1) is 18.7 Å². The van der Waals surface area contributed by atoms with E-state index in [4.69, 9.17) is 53.7 Å². The third-order valence-electron chi connectivity index (χ3n) is 7.72. The van der Waals surface area contributed by atoms with Crippen LogP contribution in [-0.2, 0) is 14.0 Å². The van der Waals surface area contributed by atoms with Gasteiger partial charge in [-0.2, -0.15) is 4.98 Å². The number of carbonyl (C=O) groups excluding carboxylic acids is 2. The number of hydrogen-bond acceptors (Lipinski definition) is 8.